The van der Waals surface area contributed by atoms with E-state index in [0.717, 1.165) is 27.3 Å². The number of thiazole rings is 1. The van der Waals surface area contributed by atoms with Crippen molar-refractivity contribution >= 4 is 23.2 Å². The predicted molar refractivity (Wildman–Crippen MR) is 151 cm³/mol. The number of nitrogens with zero attached hydrogens (tertiary/aromatic N) is 2. The summed E-state index contributed by atoms with van der Waals surface area (Å²) < 4.78 is 6.14. The molecule has 1 aliphatic rings. The number of nitrogens with two attached hydrogens (primary N) is 1. The third kappa shape index (κ3) is 6.49. The first-order valence-corrected chi connectivity index (χ1v) is 13.9. The molecule has 0 unspecified atom stereocenters. The average Bonchev–Trinajstić information content (AvgIpc) is 3.53. The Morgan fingerprint density at radius 3 is 2.45 bits per heavy atom. The van der Waals surface area contributed by atoms with Crippen molar-refractivity contribution < 1.29 is 14.3 Å². The fraction of sp³-hybridized carbons (Fsp3) is 0.433. The van der Waals surface area contributed by atoms with E-state index in [4.69, 9.17) is 10.5 Å². The van der Waals surface area contributed by atoms with E-state index >= 15 is 0 Å². The van der Waals surface area contributed by atoms with Crippen LogP contribution in [0.2, 0.25) is 0 Å². The molecule has 202 valence electrons. The molecular weight excluding hydrogens is 496 g/mol. The number of likely N-dealkylation sites (tertiary alicyclic amines) is 1. The van der Waals surface area contributed by atoms with Crippen LogP contribution in [0.1, 0.15) is 57.0 Å². The van der Waals surface area contributed by atoms with Gasteiger partial charge in [-0.05, 0) is 36.0 Å². The first-order valence-electron chi connectivity index (χ1n) is 13.1. The van der Waals surface area contributed by atoms with Gasteiger partial charge in [-0.2, -0.15) is 0 Å². The Morgan fingerprint density at radius 1 is 1.16 bits per heavy atom. The predicted octanol–water partition coefficient (Wildman–Crippen LogP) is 4.86. The van der Waals surface area contributed by atoms with E-state index in [1.54, 1.807) is 16.2 Å². The van der Waals surface area contributed by atoms with Gasteiger partial charge in [-0.3, -0.25) is 9.59 Å². The molecule has 0 radical (unpaired) electrons. The fourth-order valence-electron chi connectivity index (χ4n) is 4.64. The standard InChI is InChI=1S/C30H38N4O3S/c1-19(22-11-13-23(14-12-22)26-20(2)32-18-38-26)33-28(35)25-15-24(37-17-21-9-7-6-8-10-21)16-34(25)29(36)27(31)30(3,4)5/h6-14,18-19,24-25,27H,15-17,31H2,1-5H3,(H,33,35)/t19-,24+,25-,27+/m0/s1. The number of amides is 2. The van der Waals surface area contributed by atoms with Gasteiger partial charge in [-0.25, -0.2) is 4.98 Å². The summed E-state index contributed by atoms with van der Waals surface area (Å²) in [6, 6.07) is 16.5. The van der Waals surface area contributed by atoms with Crippen molar-refractivity contribution in [3.05, 3.63) is 76.9 Å². The molecule has 1 saturated heterocycles. The largest absolute Gasteiger partial charge is 0.372 e. The molecule has 0 spiro atoms. The minimum atomic E-state index is -0.717. The minimum Gasteiger partial charge on any atom is -0.372 e. The van der Waals surface area contributed by atoms with Crippen molar-refractivity contribution in [3.8, 4) is 10.4 Å². The third-order valence-electron chi connectivity index (χ3n) is 7.15. The summed E-state index contributed by atoms with van der Waals surface area (Å²) in [5, 5.41) is 3.12. The van der Waals surface area contributed by atoms with Gasteiger partial charge >= 0.3 is 0 Å². The molecule has 4 rings (SSSR count). The van der Waals surface area contributed by atoms with Gasteiger partial charge < -0.3 is 20.7 Å². The zero-order valence-electron chi connectivity index (χ0n) is 22.8. The van der Waals surface area contributed by atoms with Crippen molar-refractivity contribution in [1.29, 1.82) is 0 Å². The molecule has 2 amide bonds. The maximum absolute atomic E-state index is 13.5. The summed E-state index contributed by atoms with van der Waals surface area (Å²) >= 11 is 1.61. The summed E-state index contributed by atoms with van der Waals surface area (Å²) in [6.45, 7) is 10.5. The van der Waals surface area contributed by atoms with E-state index in [9.17, 15) is 9.59 Å². The smallest absolute Gasteiger partial charge is 0.243 e. The number of ether oxygens (including phenoxy) is 1. The number of hydrogen-bond donors (Lipinski definition) is 2. The average molecular weight is 535 g/mol. The first kappa shape index (κ1) is 28.0. The maximum atomic E-state index is 13.5. The number of aryl methyl sites for hydroxylation is 1. The van der Waals surface area contributed by atoms with Crippen molar-refractivity contribution in [2.75, 3.05) is 6.54 Å². The monoisotopic (exact) mass is 534 g/mol. The molecule has 2 heterocycles. The van der Waals surface area contributed by atoms with E-state index in [1.165, 1.54) is 0 Å². The molecule has 2 aromatic carbocycles. The van der Waals surface area contributed by atoms with Crippen LogP contribution in [0.5, 0.6) is 0 Å². The molecule has 0 bridgehead atoms. The van der Waals surface area contributed by atoms with Crippen LogP contribution in [0.15, 0.2) is 60.1 Å². The van der Waals surface area contributed by atoms with Crippen LogP contribution in [0.3, 0.4) is 0 Å². The number of nitrogens with one attached hydrogen (secondary N) is 1. The molecule has 3 N–H and O–H groups in total. The quantitative estimate of drug-likeness (QED) is 0.430. The number of rotatable bonds is 8. The Labute approximate surface area is 229 Å². The Bertz CT molecular complexity index is 1240. The highest BCUT2D eigenvalue weighted by atomic mass is 32.1. The van der Waals surface area contributed by atoms with Crippen molar-refractivity contribution in [2.24, 2.45) is 11.1 Å². The third-order valence-corrected chi connectivity index (χ3v) is 8.13. The second kappa shape index (κ2) is 11.8. The van der Waals surface area contributed by atoms with Gasteiger partial charge in [0.1, 0.15) is 6.04 Å². The highest BCUT2D eigenvalue weighted by Crippen LogP contribution is 2.29. The molecule has 0 aliphatic carbocycles. The van der Waals surface area contributed by atoms with E-state index in [-0.39, 0.29) is 24.0 Å². The van der Waals surface area contributed by atoms with Gasteiger partial charge in [-0.15, -0.1) is 11.3 Å². The second-order valence-electron chi connectivity index (χ2n) is 11.1. The van der Waals surface area contributed by atoms with Crippen molar-refractivity contribution in [2.45, 2.75) is 71.9 Å². The summed E-state index contributed by atoms with van der Waals surface area (Å²) in [6.07, 6.45) is 0.178. The Kier molecular flexibility index (Phi) is 8.65. The summed E-state index contributed by atoms with van der Waals surface area (Å²) in [5.41, 5.74) is 11.9. The van der Waals surface area contributed by atoms with Crippen LogP contribution in [-0.4, -0.2) is 46.4 Å². The van der Waals surface area contributed by atoms with Gasteiger partial charge in [0.25, 0.3) is 0 Å². The van der Waals surface area contributed by atoms with Gasteiger partial charge in [0.05, 0.1) is 40.9 Å². The lowest BCUT2D eigenvalue weighted by atomic mass is 9.86. The molecule has 1 aliphatic heterocycles. The molecule has 8 heteroatoms. The summed E-state index contributed by atoms with van der Waals surface area (Å²) in [5.74, 6) is -0.416. The lowest BCUT2D eigenvalue weighted by Crippen LogP contribution is -2.55. The van der Waals surface area contributed by atoms with Crippen LogP contribution in [0.4, 0.5) is 0 Å². The van der Waals surface area contributed by atoms with Crippen LogP contribution in [0.25, 0.3) is 10.4 Å². The van der Waals surface area contributed by atoms with E-state index < -0.39 is 17.5 Å². The molecule has 1 fully saturated rings. The van der Waals surface area contributed by atoms with Crippen LogP contribution < -0.4 is 11.1 Å². The normalized spacial score (nSPS) is 19.3. The number of aromatic nitrogens is 1. The first-order chi connectivity index (χ1) is 18.0. The second-order valence-corrected chi connectivity index (χ2v) is 12.0. The molecule has 0 saturated carbocycles. The Balaban J connectivity index is 1.46. The topological polar surface area (TPSA) is 97.5 Å². The highest BCUT2D eigenvalue weighted by molar-refractivity contribution is 7.13. The van der Waals surface area contributed by atoms with Crippen LogP contribution in [-0.2, 0) is 20.9 Å². The van der Waals surface area contributed by atoms with Gasteiger partial charge in [0.15, 0.2) is 0 Å². The lowest BCUT2D eigenvalue weighted by molar-refractivity contribution is -0.141. The fourth-order valence-corrected chi connectivity index (χ4v) is 5.45. The zero-order chi connectivity index (χ0) is 27.4. The van der Waals surface area contributed by atoms with Gasteiger partial charge in [0, 0.05) is 13.0 Å². The molecular formula is C30H38N4O3S. The van der Waals surface area contributed by atoms with Gasteiger partial charge in [-0.1, -0.05) is 75.4 Å². The molecule has 38 heavy (non-hydrogen) atoms. The molecule has 4 atom stereocenters. The van der Waals surface area contributed by atoms with Gasteiger partial charge in [0.2, 0.25) is 11.8 Å². The van der Waals surface area contributed by atoms with E-state index in [0.29, 0.717) is 19.6 Å². The Hall–Kier alpha value is -3.07. The maximum Gasteiger partial charge on any atom is 0.243 e. The molecule has 7 nitrogen and oxygen atoms in total. The van der Waals surface area contributed by atoms with Crippen LogP contribution >= 0.6 is 11.3 Å². The highest BCUT2D eigenvalue weighted by Gasteiger charge is 2.43. The molecule has 3 aromatic rings. The van der Waals surface area contributed by atoms with Crippen molar-refractivity contribution in [3.63, 3.8) is 0 Å². The van der Waals surface area contributed by atoms with Crippen LogP contribution in [0, 0.1) is 12.3 Å². The SMILES string of the molecule is Cc1ncsc1-c1ccc([C@H](C)NC(=O)[C@@H]2C[C@@H](OCc3ccccc3)CN2C(=O)[C@@H](N)C(C)(C)C)cc1. The van der Waals surface area contributed by atoms with E-state index in [2.05, 4.69) is 22.4 Å². The number of carbonyl (C=O) groups is 2. The lowest BCUT2D eigenvalue weighted by Gasteiger charge is -2.32. The number of carbonyl (C=O) groups excluding carboxylic acids is 2. The summed E-state index contributed by atoms with van der Waals surface area (Å²) in [4.78, 5) is 34.0. The zero-order valence-corrected chi connectivity index (χ0v) is 23.6. The number of hydrogen-bond acceptors (Lipinski definition) is 6. The number of benzene rings is 2. The summed E-state index contributed by atoms with van der Waals surface area (Å²) in [7, 11) is 0. The van der Waals surface area contributed by atoms with Crippen molar-refractivity contribution in [1.82, 2.24) is 15.2 Å². The minimum absolute atomic E-state index is 0.194. The molecule has 1 aromatic heterocycles. The Morgan fingerprint density at radius 2 is 1.84 bits per heavy atom. The van der Waals surface area contributed by atoms with E-state index in [1.807, 2.05) is 82.6 Å².